The monoisotopic (exact) mass is 519 g/mol. The van der Waals surface area contributed by atoms with Gasteiger partial charge in [-0.05, 0) is 37.5 Å². The summed E-state index contributed by atoms with van der Waals surface area (Å²) < 4.78 is 13.5. The quantitative estimate of drug-likeness (QED) is 0.235. The van der Waals surface area contributed by atoms with E-state index in [9.17, 15) is 5.11 Å². The molecule has 0 radical (unpaired) electrons. The standard InChI is InChI=1S/C28H37N7O3/c1-4-7-20(16-36)32-26-25-24(33-28(29)34-26)21-8-5-6-9-23(21)35(25)15-19-12-18(14-31-27(19)37-3)13-30-22-10-11-38-17(22)2/h5-6,8-9,12,14,17,20,22,30,36H,4,7,10-11,13,15-16H2,1-3H3,(H3,29,32,33,34)/t17-,20+,22-/m1/s1. The average Bonchev–Trinajstić information content (AvgIpc) is 3.48. The van der Waals surface area contributed by atoms with E-state index < -0.39 is 0 Å². The number of aromatic nitrogens is 4. The van der Waals surface area contributed by atoms with Crippen molar-refractivity contribution in [3.8, 4) is 5.88 Å². The lowest BCUT2D eigenvalue weighted by Gasteiger charge is -2.19. The summed E-state index contributed by atoms with van der Waals surface area (Å²) in [7, 11) is 1.64. The molecule has 1 aliphatic rings. The fraction of sp³-hybridized carbons (Fsp3) is 0.464. The number of hydrogen-bond donors (Lipinski definition) is 4. The van der Waals surface area contributed by atoms with Gasteiger partial charge >= 0.3 is 0 Å². The van der Waals surface area contributed by atoms with Gasteiger partial charge in [-0.25, -0.2) is 9.97 Å². The van der Waals surface area contributed by atoms with Crippen molar-refractivity contribution in [3.05, 3.63) is 47.7 Å². The number of aliphatic hydroxyl groups excluding tert-OH is 1. The molecule has 38 heavy (non-hydrogen) atoms. The van der Waals surface area contributed by atoms with Gasteiger partial charge in [-0.3, -0.25) is 0 Å². The highest BCUT2D eigenvalue weighted by Gasteiger charge is 2.24. The highest BCUT2D eigenvalue weighted by molar-refractivity contribution is 6.09. The first-order valence-electron chi connectivity index (χ1n) is 13.3. The number of aliphatic hydroxyl groups is 1. The minimum Gasteiger partial charge on any atom is -0.481 e. The Morgan fingerprint density at radius 1 is 1.29 bits per heavy atom. The van der Waals surface area contributed by atoms with Crippen LogP contribution in [-0.4, -0.2) is 63.1 Å². The first-order chi connectivity index (χ1) is 18.5. The molecule has 3 aromatic heterocycles. The Bertz CT molecular complexity index is 1410. The molecule has 10 heteroatoms. The van der Waals surface area contributed by atoms with E-state index >= 15 is 0 Å². The van der Waals surface area contributed by atoms with Crippen LogP contribution in [0.2, 0.25) is 0 Å². The fourth-order valence-electron chi connectivity index (χ4n) is 5.32. The number of methoxy groups -OCH3 is 1. The van der Waals surface area contributed by atoms with Crippen molar-refractivity contribution in [2.24, 2.45) is 0 Å². The second-order valence-corrected chi connectivity index (χ2v) is 9.91. The van der Waals surface area contributed by atoms with Gasteiger partial charge in [0.05, 0.1) is 37.9 Å². The van der Waals surface area contributed by atoms with E-state index in [2.05, 4.69) is 56.1 Å². The number of anilines is 2. The van der Waals surface area contributed by atoms with Gasteiger partial charge in [0.2, 0.25) is 11.8 Å². The van der Waals surface area contributed by atoms with Crippen molar-refractivity contribution in [3.63, 3.8) is 0 Å². The van der Waals surface area contributed by atoms with Gasteiger partial charge in [0.25, 0.3) is 0 Å². The molecule has 3 atom stereocenters. The average molecular weight is 520 g/mol. The van der Waals surface area contributed by atoms with Gasteiger partial charge in [-0.1, -0.05) is 31.5 Å². The molecule has 5 N–H and O–H groups in total. The molecule has 0 amide bonds. The first kappa shape index (κ1) is 26.1. The second kappa shape index (κ2) is 11.5. The number of pyridine rings is 1. The third-order valence-electron chi connectivity index (χ3n) is 7.27. The zero-order chi connectivity index (χ0) is 26.6. The van der Waals surface area contributed by atoms with E-state index in [1.165, 1.54) is 0 Å². The topological polar surface area (TPSA) is 132 Å². The molecule has 10 nitrogen and oxygen atoms in total. The van der Waals surface area contributed by atoms with Crippen molar-refractivity contribution < 1.29 is 14.6 Å². The van der Waals surface area contributed by atoms with Crippen LogP contribution < -0.4 is 21.1 Å². The van der Waals surface area contributed by atoms with Crippen molar-refractivity contribution in [1.82, 2.24) is 24.8 Å². The summed E-state index contributed by atoms with van der Waals surface area (Å²) in [6.45, 7) is 6.17. The summed E-state index contributed by atoms with van der Waals surface area (Å²) in [5.74, 6) is 1.37. The van der Waals surface area contributed by atoms with Gasteiger partial charge < -0.3 is 35.5 Å². The smallest absolute Gasteiger partial charge is 0.222 e. The third kappa shape index (κ3) is 5.24. The molecule has 0 saturated carbocycles. The number of nitrogens with one attached hydrogen (secondary N) is 2. The number of hydrogen-bond acceptors (Lipinski definition) is 9. The molecule has 1 aromatic carbocycles. The van der Waals surface area contributed by atoms with E-state index in [0.29, 0.717) is 30.8 Å². The van der Waals surface area contributed by atoms with E-state index in [4.69, 9.17) is 15.2 Å². The SMILES string of the molecule is CCC[C@@H](CO)Nc1nc(N)nc2c3ccccc3n(Cc3cc(CN[C@@H]4CCO[C@@H]4C)cnc3OC)c12. The molecule has 0 bridgehead atoms. The molecule has 1 aliphatic heterocycles. The van der Waals surface area contributed by atoms with E-state index in [1.807, 2.05) is 24.4 Å². The number of rotatable bonds is 11. The van der Waals surface area contributed by atoms with E-state index in [1.54, 1.807) is 7.11 Å². The number of para-hydroxylation sites is 1. The Morgan fingerprint density at radius 3 is 2.87 bits per heavy atom. The Kier molecular flexibility index (Phi) is 7.92. The van der Waals surface area contributed by atoms with Crippen molar-refractivity contribution in [2.45, 2.75) is 64.4 Å². The fourth-order valence-corrected chi connectivity index (χ4v) is 5.32. The normalized spacial score (nSPS) is 18.3. The maximum atomic E-state index is 9.97. The minimum absolute atomic E-state index is 0.00307. The lowest BCUT2D eigenvalue weighted by Crippen LogP contribution is -2.34. The predicted molar refractivity (Wildman–Crippen MR) is 149 cm³/mol. The highest BCUT2D eigenvalue weighted by atomic mass is 16.5. The summed E-state index contributed by atoms with van der Waals surface area (Å²) in [4.78, 5) is 13.8. The highest BCUT2D eigenvalue weighted by Crippen LogP contribution is 2.34. The summed E-state index contributed by atoms with van der Waals surface area (Å²) in [5, 5.41) is 18.0. The number of fused-ring (bicyclic) bond motifs is 3. The van der Waals surface area contributed by atoms with Gasteiger partial charge in [0.15, 0.2) is 5.82 Å². The van der Waals surface area contributed by atoms with Gasteiger partial charge in [0, 0.05) is 36.3 Å². The minimum atomic E-state index is -0.142. The molecule has 5 rings (SSSR count). The molecule has 4 heterocycles. The summed E-state index contributed by atoms with van der Waals surface area (Å²) >= 11 is 0. The molecule has 1 fully saturated rings. The summed E-state index contributed by atoms with van der Waals surface area (Å²) in [6, 6.07) is 10.4. The number of nitrogens with two attached hydrogens (primary N) is 1. The van der Waals surface area contributed by atoms with E-state index in [-0.39, 0.29) is 24.7 Å². The Balaban J connectivity index is 1.57. The van der Waals surface area contributed by atoms with Crippen molar-refractivity contribution in [2.75, 3.05) is 31.4 Å². The molecule has 0 aliphatic carbocycles. The van der Waals surface area contributed by atoms with Crippen LogP contribution in [0.3, 0.4) is 0 Å². The van der Waals surface area contributed by atoms with Crippen LogP contribution >= 0.6 is 0 Å². The molecular weight excluding hydrogens is 482 g/mol. The second-order valence-electron chi connectivity index (χ2n) is 9.91. The van der Waals surface area contributed by atoms with Gasteiger partial charge in [-0.2, -0.15) is 4.98 Å². The van der Waals surface area contributed by atoms with Crippen LogP contribution in [0.25, 0.3) is 21.9 Å². The molecule has 1 saturated heterocycles. The van der Waals surface area contributed by atoms with Crippen molar-refractivity contribution >= 4 is 33.7 Å². The van der Waals surface area contributed by atoms with Crippen LogP contribution in [0.5, 0.6) is 5.88 Å². The maximum absolute atomic E-state index is 9.97. The number of nitrogen functional groups attached to an aromatic ring is 1. The van der Waals surface area contributed by atoms with Gasteiger partial charge in [0.1, 0.15) is 11.0 Å². The molecule has 202 valence electrons. The number of nitrogens with zero attached hydrogens (tertiary/aromatic N) is 4. The maximum Gasteiger partial charge on any atom is 0.222 e. The van der Waals surface area contributed by atoms with Crippen LogP contribution in [0.4, 0.5) is 11.8 Å². The zero-order valence-corrected chi connectivity index (χ0v) is 22.3. The lowest BCUT2D eigenvalue weighted by atomic mass is 10.1. The van der Waals surface area contributed by atoms with Gasteiger partial charge in [-0.15, -0.1) is 0 Å². The van der Waals surface area contributed by atoms with Crippen LogP contribution in [-0.2, 0) is 17.8 Å². The number of ether oxygens (including phenoxy) is 2. The molecule has 0 spiro atoms. The van der Waals surface area contributed by atoms with Crippen LogP contribution in [0.15, 0.2) is 36.5 Å². The van der Waals surface area contributed by atoms with E-state index in [0.717, 1.165) is 58.9 Å². The molecule has 4 aromatic rings. The lowest BCUT2D eigenvalue weighted by molar-refractivity contribution is 0.113. The van der Waals surface area contributed by atoms with Crippen LogP contribution in [0.1, 0.15) is 44.2 Å². The Hall–Kier alpha value is -3.47. The number of benzene rings is 1. The Morgan fingerprint density at radius 2 is 2.13 bits per heavy atom. The summed E-state index contributed by atoms with van der Waals surface area (Å²) in [5.41, 5.74) is 10.8. The summed E-state index contributed by atoms with van der Waals surface area (Å²) in [6.07, 6.45) is 4.80. The predicted octanol–water partition coefficient (Wildman–Crippen LogP) is 3.46. The van der Waals surface area contributed by atoms with Crippen molar-refractivity contribution in [1.29, 1.82) is 0 Å². The third-order valence-corrected chi connectivity index (χ3v) is 7.27. The largest absolute Gasteiger partial charge is 0.481 e. The molecular formula is C28H37N7O3. The zero-order valence-electron chi connectivity index (χ0n) is 22.3. The Labute approximate surface area is 222 Å². The first-order valence-corrected chi connectivity index (χ1v) is 13.3. The van der Waals surface area contributed by atoms with Crippen LogP contribution in [0, 0.1) is 0 Å². The molecule has 0 unspecified atom stereocenters.